The first-order chi connectivity index (χ1) is 14.4. The van der Waals surface area contributed by atoms with E-state index in [-0.39, 0.29) is 11.5 Å². The molecule has 1 aromatic carbocycles. The molecule has 0 saturated carbocycles. The second-order valence-corrected chi connectivity index (χ2v) is 8.56. The third-order valence-corrected chi connectivity index (χ3v) is 6.10. The fourth-order valence-electron chi connectivity index (χ4n) is 3.43. The highest BCUT2D eigenvalue weighted by atomic mass is 32.2. The van der Waals surface area contributed by atoms with Crippen LogP contribution < -0.4 is 0 Å². The number of aromatic nitrogens is 5. The van der Waals surface area contributed by atoms with Crippen molar-refractivity contribution < 1.29 is 9.53 Å². The van der Waals surface area contributed by atoms with Crippen molar-refractivity contribution in [2.45, 2.75) is 51.7 Å². The lowest BCUT2D eigenvalue weighted by atomic mass is 10.0. The zero-order chi connectivity index (χ0) is 21.7. The summed E-state index contributed by atoms with van der Waals surface area (Å²) < 4.78 is 8.99. The van der Waals surface area contributed by atoms with E-state index in [9.17, 15) is 4.79 Å². The Morgan fingerprint density at radius 2 is 1.93 bits per heavy atom. The van der Waals surface area contributed by atoms with Crippen LogP contribution in [0.3, 0.4) is 0 Å². The number of aryl methyl sites for hydroxylation is 1. The Labute approximate surface area is 181 Å². The lowest BCUT2D eigenvalue weighted by molar-refractivity contribution is 0.102. The van der Waals surface area contributed by atoms with Crippen molar-refractivity contribution in [2.24, 2.45) is 0 Å². The Balaban J connectivity index is 1.69. The minimum Gasteiger partial charge on any atom is -0.385 e. The van der Waals surface area contributed by atoms with Gasteiger partial charge in [0.05, 0.1) is 11.4 Å². The third-order valence-electron chi connectivity index (χ3n) is 5.18. The molecule has 8 heteroatoms. The quantitative estimate of drug-likeness (QED) is 0.274. The van der Waals surface area contributed by atoms with E-state index in [0.717, 1.165) is 35.6 Å². The summed E-state index contributed by atoms with van der Waals surface area (Å²) in [7, 11) is 1.70. The molecule has 2 aromatic heterocycles. The van der Waals surface area contributed by atoms with E-state index in [1.807, 2.05) is 32.0 Å². The maximum absolute atomic E-state index is 12.9. The molecule has 3 rings (SSSR count). The van der Waals surface area contributed by atoms with E-state index in [1.165, 1.54) is 17.3 Å². The number of nitrogens with zero attached hydrogens (tertiary/aromatic N) is 5. The molecule has 0 bridgehead atoms. The number of carbonyl (C=O) groups excluding carboxylic acids is 1. The first-order valence-corrected chi connectivity index (χ1v) is 11.1. The summed E-state index contributed by atoms with van der Waals surface area (Å²) in [5.74, 6) is 0.830. The summed E-state index contributed by atoms with van der Waals surface area (Å²) in [4.78, 5) is 12.9. The van der Waals surface area contributed by atoms with Crippen LogP contribution in [-0.4, -0.2) is 50.0 Å². The summed E-state index contributed by atoms with van der Waals surface area (Å²) >= 11 is 1.36. The molecule has 0 N–H and O–H groups in total. The predicted molar refractivity (Wildman–Crippen MR) is 119 cm³/mol. The van der Waals surface area contributed by atoms with Crippen molar-refractivity contribution in [3.63, 3.8) is 0 Å². The summed E-state index contributed by atoms with van der Waals surface area (Å²) in [6.45, 7) is 9.90. The lowest BCUT2D eigenvalue weighted by Crippen LogP contribution is -2.08. The zero-order valence-corrected chi connectivity index (χ0v) is 19.1. The summed E-state index contributed by atoms with van der Waals surface area (Å²) in [5, 5.41) is 12.6. The van der Waals surface area contributed by atoms with Crippen molar-refractivity contribution in [2.75, 3.05) is 19.5 Å². The standard InChI is InChI=1S/C22H29N5O2S/c1-15(2)18-7-9-19(10-8-18)27-22(23-24-25-27)30-14-21(28)20-13-16(3)26(17(20)4)11-6-12-29-5/h7-10,13,15H,6,11-12,14H2,1-5H3. The van der Waals surface area contributed by atoms with E-state index < -0.39 is 0 Å². The third kappa shape index (κ3) is 4.99. The maximum Gasteiger partial charge on any atom is 0.214 e. The monoisotopic (exact) mass is 427 g/mol. The highest BCUT2D eigenvalue weighted by Crippen LogP contribution is 2.23. The molecule has 0 aliphatic carbocycles. The molecular formula is C22H29N5O2S. The van der Waals surface area contributed by atoms with Crippen LogP contribution in [0.4, 0.5) is 0 Å². The molecule has 7 nitrogen and oxygen atoms in total. The van der Waals surface area contributed by atoms with Gasteiger partial charge in [0.1, 0.15) is 0 Å². The number of methoxy groups -OCH3 is 1. The Bertz CT molecular complexity index is 992. The smallest absolute Gasteiger partial charge is 0.214 e. The van der Waals surface area contributed by atoms with Crippen molar-refractivity contribution in [3.05, 3.63) is 52.8 Å². The highest BCUT2D eigenvalue weighted by Gasteiger charge is 2.18. The van der Waals surface area contributed by atoms with Gasteiger partial charge in [-0.15, -0.1) is 5.10 Å². The van der Waals surface area contributed by atoms with E-state index in [4.69, 9.17) is 4.74 Å². The number of thioether (sulfide) groups is 1. The fourth-order valence-corrected chi connectivity index (χ4v) is 4.21. The molecule has 0 atom stereocenters. The van der Waals surface area contributed by atoms with Crippen LogP contribution in [-0.2, 0) is 11.3 Å². The van der Waals surface area contributed by atoms with Crippen LogP contribution in [0.5, 0.6) is 0 Å². The minimum atomic E-state index is 0.0794. The zero-order valence-electron chi connectivity index (χ0n) is 18.3. The first kappa shape index (κ1) is 22.2. The van der Waals surface area contributed by atoms with Gasteiger partial charge in [0.15, 0.2) is 5.78 Å². The largest absolute Gasteiger partial charge is 0.385 e. The number of tetrazole rings is 1. The SMILES string of the molecule is COCCCn1c(C)cc(C(=O)CSc2nnnn2-c2ccc(C(C)C)cc2)c1C. The van der Waals surface area contributed by atoms with E-state index >= 15 is 0 Å². The number of carbonyl (C=O) groups is 1. The van der Waals surface area contributed by atoms with Crippen LogP contribution in [0.2, 0.25) is 0 Å². The van der Waals surface area contributed by atoms with Crippen LogP contribution in [0, 0.1) is 13.8 Å². The number of rotatable bonds is 10. The molecule has 3 aromatic rings. The number of benzene rings is 1. The first-order valence-electron chi connectivity index (χ1n) is 10.1. The Morgan fingerprint density at radius 1 is 1.20 bits per heavy atom. The summed E-state index contributed by atoms with van der Waals surface area (Å²) in [6.07, 6.45) is 0.916. The van der Waals surface area contributed by atoms with E-state index in [1.54, 1.807) is 11.8 Å². The van der Waals surface area contributed by atoms with Gasteiger partial charge in [0, 0.05) is 37.2 Å². The Kier molecular flexibility index (Phi) is 7.44. The van der Waals surface area contributed by atoms with E-state index in [0.29, 0.717) is 17.7 Å². The van der Waals surface area contributed by atoms with Crippen molar-refractivity contribution in [1.29, 1.82) is 0 Å². The number of Topliss-reactive ketones (excluding diaryl/α,β-unsaturated/α-hetero) is 1. The average Bonchev–Trinajstić information content (AvgIpc) is 3.31. The van der Waals surface area contributed by atoms with E-state index in [2.05, 4.69) is 46.1 Å². The van der Waals surface area contributed by atoms with Gasteiger partial charge >= 0.3 is 0 Å². The van der Waals surface area contributed by atoms with Crippen molar-refractivity contribution >= 4 is 17.5 Å². The van der Waals surface area contributed by atoms with Crippen molar-refractivity contribution in [1.82, 2.24) is 24.8 Å². The molecule has 160 valence electrons. The topological polar surface area (TPSA) is 74.8 Å². The van der Waals surface area contributed by atoms with Crippen LogP contribution in [0.1, 0.15) is 53.5 Å². The molecule has 0 aliphatic rings. The molecule has 0 spiro atoms. The fraction of sp³-hybridized carbons (Fsp3) is 0.455. The van der Waals surface area contributed by atoms with Gasteiger partial charge in [-0.05, 0) is 60.4 Å². The van der Waals surface area contributed by atoms with Gasteiger partial charge in [0.2, 0.25) is 5.16 Å². The lowest BCUT2D eigenvalue weighted by Gasteiger charge is -2.09. The van der Waals surface area contributed by atoms with Crippen molar-refractivity contribution in [3.8, 4) is 5.69 Å². The molecule has 2 heterocycles. The summed E-state index contributed by atoms with van der Waals surface area (Å²) in [6, 6.07) is 10.1. The number of hydrogen-bond donors (Lipinski definition) is 0. The van der Waals surface area contributed by atoms with Crippen LogP contribution >= 0.6 is 11.8 Å². The Morgan fingerprint density at radius 3 is 2.60 bits per heavy atom. The normalized spacial score (nSPS) is 11.4. The van der Waals surface area contributed by atoms with Gasteiger partial charge in [-0.3, -0.25) is 4.79 Å². The highest BCUT2D eigenvalue weighted by molar-refractivity contribution is 7.99. The molecule has 0 aliphatic heterocycles. The number of ether oxygens (including phenoxy) is 1. The molecular weight excluding hydrogens is 398 g/mol. The van der Waals surface area contributed by atoms with Gasteiger partial charge in [-0.1, -0.05) is 37.7 Å². The second kappa shape index (κ2) is 10.0. The minimum absolute atomic E-state index is 0.0794. The van der Waals surface area contributed by atoms with Crippen LogP contribution in [0.25, 0.3) is 5.69 Å². The number of hydrogen-bond acceptors (Lipinski definition) is 6. The Hall–Kier alpha value is -2.45. The predicted octanol–water partition coefficient (Wildman–Crippen LogP) is 4.22. The molecule has 0 radical (unpaired) electrons. The maximum atomic E-state index is 12.9. The second-order valence-electron chi connectivity index (χ2n) is 7.61. The summed E-state index contributed by atoms with van der Waals surface area (Å²) in [5.41, 5.74) is 5.00. The molecule has 0 unspecified atom stereocenters. The van der Waals surface area contributed by atoms with Gasteiger partial charge in [-0.2, -0.15) is 4.68 Å². The molecule has 0 saturated heterocycles. The number of ketones is 1. The van der Waals surface area contributed by atoms with Gasteiger partial charge in [-0.25, -0.2) is 0 Å². The molecule has 0 amide bonds. The average molecular weight is 428 g/mol. The van der Waals surface area contributed by atoms with Gasteiger partial charge in [0.25, 0.3) is 0 Å². The van der Waals surface area contributed by atoms with Crippen LogP contribution in [0.15, 0.2) is 35.5 Å². The molecule has 0 fully saturated rings. The van der Waals surface area contributed by atoms with Gasteiger partial charge < -0.3 is 9.30 Å². The molecule has 30 heavy (non-hydrogen) atoms.